The van der Waals surface area contributed by atoms with Crippen molar-refractivity contribution in [3.63, 3.8) is 0 Å². The predicted molar refractivity (Wildman–Crippen MR) is 59.6 cm³/mol. The fraction of sp³-hybridized carbons (Fsp3) is 0.364. The third-order valence-electron chi connectivity index (χ3n) is 2.09. The summed E-state index contributed by atoms with van der Waals surface area (Å²) in [4.78, 5) is 11.5. The van der Waals surface area contributed by atoms with E-state index >= 15 is 0 Å². The van der Waals surface area contributed by atoms with Crippen LogP contribution >= 0.6 is 0 Å². The summed E-state index contributed by atoms with van der Waals surface area (Å²) in [5, 5.41) is 0. The van der Waals surface area contributed by atoms with Crippen molar-refractivity contribution < 1.29 is 22.0 Å². The largest absolute Gasteiger partial charge is 0.293 e. The summed E-state index contributed by atoms with van der Waals surface area (Å²) in [5.41, 5.74) is -0.523. The molecule has 0 N–H and O–H groups in total. The fourth-order valence-electron chi connectivity index (χ4n) is 1.37. The van der Waals surface area contributed by atoms with Gasteiger partial charge in [0, 0.05) is 0 Å². The van der Waals surface area contributed by atoms with E-state index in [2.05, 4.69) is 0 Å². The lowest BCUT2D eigenvalue weighted by atomic mass is 10.1. The monoisotopic (exact) mass is 262 g/mol. The first-order valence-corrected chi connectivity index (χ1v) is 6.86. The lowest BCUT2D eigenvalue weighted by Gasteiger charge is -2.03. The Bertz CT molecular complexity index is 524. The van der Waals surface area contributed by atoms with Crippen LogP contribution in [0.2, 0.25) is 0 Å². The van der Waals surface area contributed by atoms with Gasteiger partial charge in [-0.2, -0.15) is 0 Å². The maximum Gasteiger partial charge on any atom is 0.180 e. The molecule has 0 aromatic heterocycles. The number of halogens is 2. The molecule has 0 fully saturated rings. The average molecular weight is 262 g/mol. The molecule has 1 rings (SSSR count). The van der Waals surface area contributed by atoms with Crippen LogP contribution in [0.5, 0.6) is 0 Å². The average Bonchev–Trinajstić information content (AvgIpc) is 2.20. The molecule has 0 aliphatic rings. The van der Waals surface area contributed by atoms with E-state index in [4.69, 9.17) is 0 Å². The Labute approximate surface area is 98.4 Å². The van der Waals surface area contributed by atoms with Crippen LogP contribution in [0.3, 0.4) is 0 Å². The highest BCUT2D eigenvalue weighted by Gasteiger charge is 2.20. The van der Waals surface area contributed by atoms with Crippen LogP contribution in [0, 0.1) is 11.6 Å². The molecule has 0 bridgehead atoms. The van der Waals surface area contributed by atoms with Gasteiger partial charge in [-0.3, -0.25) is 4.79 Å². The highest BCUT2D eigenvalue weighted by atomic mass is 32.2. The van der Waals surface area contributed by atoms with E-state index < -0.39 is 38.6 Å². The summed E-state index contributed by atoms with van der Waals surface area (Å²) < 4.78 is 48.8. The normalized spacial score (nSPS) is 11.5. The van der Waals surface area contributed by atoms with Crippen molar-refractivity contribution in [2.45, 2.75) is 13.3 Å². The van der Waals surface area contributed by atoms with E-state index in [-0.39, 0.29) is 5.75 Å². The van der Waals surface area contributed by atoms with E-state index in [0.29, 0.717) is 12.5 Å². The van der Waals surface area contributed by atoms with Gasteiger partial charge in [0.25, 0.3) is 0 Å². The number of ketones is 1. The summed E-state index contributed by atoms with van der Waals surface area (Å²) in [7, 11) is -3.55. The van der Waals surface area contributed by atoms with Crippen molar-refractivity contribution >= 4 is 15.6 Å². The van der Waals surface area contributed by atoms with Crippen molar-refractivity contribution in [1.29, 1.82) is 0 Å². The quantitative estimate of drug-likeness (QED) is 0.762. The van der Waals surface area contributed by atoms with Gasteiger partial charge in [-0.05, 0) is 24.6 Å². The van der Waals surface area contributed by atoms with Gasteiger partial charge in [0.1, 0.15) is 17.4 Å². The molecule has 0 aliphatic carbocycles. The molecule has 0 radical (unpaired) electrons. The van der Waals surface area contributed by atoms with Gasteiger partial charge < -0.3 is 0 Å². The van der Waals surface area contributed by atoms with Crippen LogP contribution < -0.4 is 0 Å². The van der Waals surface area contributed by atoms with E-state index in [1.165, 1.54) is 0 Å². The number of Topliss-reactive ketones (excluding diaryl/α,β-unsaturated/α-hetero) is 1. The van der Waals surface area contributed by atoms with Gasteiger partial charge in [0.15, 0.2) is 15.6 Å². The molecular formula is C11H12F2O3S. The molecule has 0 saturated carbocycles. The topological polar surface area (TPSA) is 51.2 Å². The van der Waals surface area contributed by atoms with Gasteiger partial charge in [0.2, 0.25) is 0 Å². The Morgan fingerprint density at radius 3 is 2.53 bits per heavy atom. The van der Waals surface area contributed by atoms with E-state index in [1.807, 2.05) is 0 Å². The van der Waals surface area contributed by atoms with Gasteiger partial charge in [0.05, 0.1) is 11.3 Å². The van der Waals surface area contributed by atoms with Crippen LogP contribution in [-0.2, 0) is 9.84 Å². The molecule has 0 aliphatic heterocycles. The molecule has 0 heterocycles. The summed E-state index contributed by atoms with van der Waals surface area (Å²) in [6.45, 7) is 1.66. The standard InChI is InChI=1S/C11H12F2O3S/c1-2-5-17(15,16)7-11(14)9-6-8(12)3-4-10(9)13/h3-4,6H,2,5,7H2,1H3. The molecule has 0 atom stereocenters. The molecule has 0 amide bonds. The SMILES string of the molecule is CCCS(=O)(=O)CC(=O)c1cc(F)ccc1F. The van der Waals surface area contributed by atoms with Crippen LogP contribution in [-0.4, -0.2) is 25.7 Å². The summed E-state index contributed by atoms with van der Waals surface area (Å²) in [6.07, 6.45) is 0.376. The third kappa shape index (κ3) is 3.89. The zero-order valence-electron chi connectivity index (χ0n) is 9.24. The maximum atomic E-state index is 13.2. The Morgan fingerprint density at radius 1 is 1.29 bits per heavy atom. The summed E-state index contributed by atoms with van der Waals surface area (Å²) >= 11 is 0. The van der Waals surface area contributed by atoms with Crippen LogP contribution in [0.1, 0.15) is 23.7 Å². The zero-order valence-corrected chi connectivity index (χ0v) is 10.1. The minimum atomic E-state index is -3.55. The first-order valence-electron chi connectivity index (χ1n) is 5.04. The number of rotatable bonds is 5. The lowest BCUT2D eigenvalue weighted by molar-refractivity contribution is 0.101. The van der Waals surface area contributed by atoms with Crippen molar-refractivity contribution in [3.8, 4) is 0 Å². The first-order chi connectivity index (χ1) is 7.85. The molecule has 1 aromatic rings. The Morgan fingerprint density at radius 2 is 1.94 bits per heavy atom. The van der Waals surface area contributed by atoms with E-state index in [1.54, 1.807) is 6.92 Å². The molecular weight excluding hydrogens is 250 g/mol. The van der Waals surface area contributed by atoms with E-state index in [0.717, 1.165) is 12.1 Å². The third-order valence-corrected chi connectivity index (χ3v) is 3.83. The van der Waals surface area contributed by atoms with Crippen molar-refractivity contribution in [2.24, 2.45) is 0 Å². The number of hydrogen-bond donors (Lipinski definition) is 0. The minimum absolute atomic E-state index is 0.143. The van der Waals surface area contributed by atoms with Crippen LogP contribution in [0.4, 0.5) is 8.78 Å². The lowest BCUT2D eigenvalue weighted by Crippen LogP contribution is -2.19. The Kier molecular flexibility index (Phi) is 4.34. The molecule has 17 heavy (non-hydrogen) atoms. The Balaban J connectivity index is 2.94. The van der Waals surface area contributed by atoms with Crippen LogP contribution in [0.25, 0.3) is 0 Å². The number of carbonyl (C=O) groups excluding carboxylic acids is 1. The molecule has 0 spiro atoms. The smallest absolute Gasteiger partial charge is 0.180 e. The molecule has 3 nitrogen and oxygen atoms in total. The minimum Gasteiger partial charge on any atom is -0.293 e. The molecule has 94 valence electrons. The van der Waals surface area contributed by atoms with Crippen molar-refractivity contribution in [2.75, 3.05) is 11.5 Å². The number of carbonyl (C=O) groups is 1. The zero-order chi connectivity index (χ0) is 13.1. The Hall–Kier alpha value is -1.30. The van der Waals surface area contributed by atoms with Gasteiger partial charge in [-0.25, -0.2) is 17.2 Å². The summed E-state index contributed by atoms with van der Waals surface area (Å²) in [5.74, 6) is -3.54. The molecule has 1 aromatic carbocycles. The van der Waals surface area contributed by atoms with Gasteiger partial charge in [-0.1, -0.05) is 6.92 Å². The highest BCUT2D eigenvalue weighted by Crippen LogP contribution is 2.11. The summed E-state index contributed by atoms with van der Waals surface area (Å²) in [6, 6.07) is 2.38. The molecule has 0 unspecified atom stereocenters. The second-order valence-corrected chi connectivity index (χ2v) is 5.82. The van der Waals surface area contributed by atoms with Gasteiger partial charge in [-0.15, -0.1) is 0 Å². The van der Waals surface area contributed by atoms with Gasteiger partial charge >= 0.3 is 0 Å². The second-order valence-electron chi connectivity index (χ2n) is 3.64. The fourth-order valence-corrected chi connectivity index (χ4v) is 2.69. The van der Waals surface area contributed by atoms with Crippen LogP contribution in [0.15, 0.2) is 18.2 Å². The second kappa shape index (κ2) is 5.35. The molecule has 6 heteroatoms. The van der Waals surface area contributed by atoms with Crippen molar-refractivity contribution in [3.05, 3.63) is 35.4 Å². The van der Waals surface area contributed by atoms with E-state index in [9.17, 15) is 22.0 Å². The first kappa shape index (κ1) is 13.8. The number of benzene rings is 1. The highest BCUT2D eigenvalue weighted by molar-refractivity contribution is 7.92. The van der Waals surface area contributed by atoms with Crippen molar-refractivity contribution in [1.82, 2.24) is 0 Å². The number of hydrogen-bond acceptors (Lipinski definition) is 3. The predicted octanol–water partition coefficient (Wildman–Crippen LogP) is 1.97. The maximum absolute atomic E-state index is 13.2. The number of sulfone groups is 1. The molecule has 0 saturated heterocycles.